The Morgan fingerprint density at radius 2 is 1.74 bits per heavy atom. The van der Waals surface area contributed by atoms with E-state index in [1.165, 1.54) is 0 Å². The zero-order valence-electron chi connectivity index (χ0n) is 10.3. The van der Waals surface area contributed by atoms with Crippen LogP contribution in [-0.2, 0) is 0 Å². The fraction of sp³-hybridized carbons (Fsp3) is 0.0625. The Morgan fingerprint density at radius 3 is 2.42 bits per heavy atom. The zero-order chi connectivity index (χ0) is 13.4. The smallest absolute Gasteiger partial charge is 0.228 e. The summed E-state index contributed by atoms with van der Waals surface area (Å²) in [4.78, 5) is 12.4. The lowest BCUT2D eigenvalue weighted by atomic mass is 10.1. The lowest BCUT2D eigenvalue weighted by Gasteiger charge is -1.99. The van der Waals surface area contributed by atoms with Crippen LogP contribution in [0.4, 0.5) is 0 Å². The molecule has 0 saturated heterocycles. The van der Waals surface area contributed by atoms with E-state index in [9.17, 15) is 4.79 Å². The molecule has 3 aromatic rings. The second kappa shape index (κ2) is 4.56. The summed E-state index contributed by atoms with van der Waals surface area (Å²) in [5, 5.41) is 1.58. The van der Waals surface area contributed by atoms with Crippen LogP contribution in [0.25, 0.3) is 11.0 Å². The van der Waals surface area contributed by atoms with Gasteiger partial charge in [0.15, 0.2) is 5.76 Å². The van der Waals surface area contributed by atoms with E-state index in [4.69, 9.17) is 16.0 Å². The quantitative estimate of drug-likeness (QED) is 0.636. The first-order valence-corrected chi connectivity index (χ1v) is 6.33. The number of rotatable bonds is 2. The number of furan rings is 1. The molecule has 0 saturated carbocycles. The van der Waals surface area contributed by atoms with Gasteiger partial charge in [-0.1, -0.05) is 29.8 Å². The number of para-hydroxylation sites is 1. The first kappa shape index (κ1) is 12.0. The number of aryl methyl sites for hydroxylation is 1. The molecule has 3 heteroatoms. The van der Waals surface area contributed by atoms with E-state index in [-0.39, 0.29) is 5.78 Å². The van der Waals surface area contributed by atoms with Gasteiger partial charge in [-0.2, -0.15) is 0 Å². The van der Waals surface area contributed by atoms with Crippen LogP contribution in [0.5, 0.6) is 0 Å². The van der Waals surface area contributed by atoms with Crippen molar-refractivity contribution in [2.45, 2.75) is 6.92 Å². The van der Waals surface area contributed by atoms with Crippen molar-refractivity contribution >= 4 is 28.4 Å². The number of fused-ring (bicyclic) bond motifs is 1. The highest BCUT2D eigenvalue weighted by Crippen LogP contribution is 2.27. The van der Waals surface area contributed by atoms with Gasteiger partial charge in [-0.15, -0.1) is 0 Å². The lowest BCUT2D eigenvalue weighted by Crippen LogP contribution is -2.00. The van der Waals surface area contributed by atoms with Crippen molar-refractivity contribution in [2.75, 3.05) is 0 Å². The van der Waals surface area contributed by atoms with Gasteiger partial charge < -0.3 is 4.42 Å². The molecule has 94 valence electrons. The molecule has 0 fully saturated rings. The molecule has 2 nitrogen and oxygen atoms in total. The average Bonchev–Trinajstić information content (AvgIpc) is 2.77. The Labute approximate surface area is 115 Å². The first-order chi connectivity index (χ1) is 9.16. The maximum atomic E-state index is 12.4. The highest BCUT2D eigenvalue weighted by atomic mass is 35.5. The van der Waals surface area contributed by atoms with E-state index in [2.05, 4.69) is 0 Å². The Hall–Kier alpha value is -2.06. The van der Waals surface area contributed by atoms with E-state index in [0.29, 0.717) is 16.3 Å². The van der Waals surface area contributed by atoms with Crippen LogP contribution in [0, 0.1) is 6.92 Å². The predicted molar refractivity (Wildman–Crippen MR) is 75.8 cm³/mol. The largest absolute Gasteiger partial charge is 0.452 e. The van der Waals surface area contributed by atoms with E-state index in [1.807, 2.05) is 31.2 Å². The summed E-state index contributed by atoms with van der Waals surface area (Å²) in [7, 11) is 0. The molecule has 0 aliphatic rings. The summed E-state index contributed by atoms with van der Waals surface area (Å²) in [5.74, 6) is 0.272. The van der Waals surface area contributed by atoms with E-state index in [1.54, 1.807) is 24.3 Å². The second-order valence-electron chi connectivity index (χ2n) is 4.39. The summed E-state index contributed by atoms with van der Waals surface area (Å²) < 4.78 is 5.66. The van der Waals surface area contributed by atoms with Gasteiger partial charge >= 0.3 is 0 Å². The SMILES string of the molecule is Cc1c(C(=O)c2ccc(Cl)cc2)oc2ccccc12. The molecular weight excluding hydrogens is 260 g/mol. The normalized spacial score (nSPS) is 10.8. The average molecular weight is 271 g/mol. The monoisotopic (exact) mass is 270 g/mol. The van der Waals surface area contributed by atoms with Gasteiger partial charge in [0.1, 0.15) is 5.58 Å². The van der Waals surface area contributed by atoms with Crippen molar-refractivity contribution in [3.8, 4) is 0 Å². The molecule has 0 aliphatic carbocycles. The van der Waals surface area contributed by atoms with Gasteiger partial charge in [-0.25, -0.2) is 0 Å². The van der Waals surface area contributed by atoms with Gasteiger partial charge in [0, 0.05) is 21.5 Å². The van der Waals surface area contributed by atoms with Crippen LogP contribution in [-0.4, -0.2) is 5.78 Å². The Morgan fingerprint density at radius 1 is 1.05 bits per heavy atom. The third kappa shape index (κ3) is 2.04. The van der Waals surface area contributed by atoms with Crippen LogP contribution in [0.2, 0.25) is 5.02 Å². The minimum absolute atomic E-state index is 0.120. The molecule has 0 amide bonds. The van der Waals surface area contributed by atoms with Crippen molar-refractivity contribution < 1.29 is 9.21 Å². The van der Waals surface area contributed by atoms with Crippen molar-refractivity contribution in [3.63, 3.8) is 0 Å². The maximum Gasteiger partial charge on any atom is 0.228 e. The Kier molecular flexibility index (Phi) is 2.88. The van der Waals surface area contributed by atoms with Gasteiger partial charge in [0.2, 0.25) is 5.78 Å². The third-order valence-electron chi connectivity index (χ3n) is 3.16. The van der Waals surface area contributed by atoms with Crippen LogP contribution in [0.15, 0.2) is 52.9 Å². The maximum absolute atomic E-state index is 12.4. The predicted octanol–water partition coefficient (Wildman–Crippen LogP) is 4.63. The van der Waals surface area contributed by atoms with Crippen LogP contribution in [0.3, 0.4) is 0 Å². The third-order valence-corrected chi connectivity index (χ3v) is 3.41. The summed E-state index contributed by atoms with van der Waals surface area (Å²) in [6, 6.07) is 14.4. The fourth-order valence-electron chi connectivity index (χ4n) is 2.12. The summed E-state index contributed by atoms with van der Waals surface area (Å²) in [6.45, 7) is 1.90. The van der Waals surface area contributed by atoms with Crippen molar-refractivity contribution in [1.29, 1.82) is 0 Å². The first-order valence-electron chi connectivity index (χ1n) is 5.95. The fourth-order valence-corrected chi connectivity index (χ4v) is 2.25. The number of ketones is 1. The molecule has 0 N–H and O–H groups in total. The van der Waals surface area contributed by atoms with Crippen LogP contribution in [0.1, 0.15) is 21.7 Å². The van der Waals surface area contributed by atoms with Crippen molar-refractivity contribution in [2.24, 2.45) is 0 Å². The second-order valence-corrected chi connectivity index (χ2v) is 4.82. The standard InChI is InChI=1S/C16H11ClO2/c1-10-13-4-2-3-5-14(13)19-16(10)15(18)11-6-8-12(17)9-7-11/h2-9H,1H3. The minimum atomic E-state index is -0.120. The van der Waals surface area contributed by atoms with Gasteiger partial charge in [-0.05, 0) is 37.3 Å². The van der Waals surface area contributed by atoms with Crippen LogP contribution < -0.4 is 0 Å². The molecule has 0 atom stereocenters. The number of hydrogen-bond donors (Lipinski definition) is 0. The molecule has 1 heterocycles. The number of hydrogen-bond acceptors (Lipinski definition) is 2. The van der Waals surface area contributed by atoms with Gasteiger partial charge in [-0.3, -0.25) is 4.79 Å². The molecule has 0 aliphatic heterocycles. The number of benzene rings is 2. The number of carbonyl (C=O) groups is 1. The van der Waals surface area contributed by atoms with Crippen LogP contribution >= 0.6 is 11.6 Å². The van der Waals surface area contributed by atoms with Gasteiger partial charge in [0.25, 0.3) is 0 Å². The van der Waals surface area contributed by atoms with Gasteiger partial charge in [0.05, 0.1) is 0 Å². The summed E-state index contributed by atoms with van der Waals surface area (Å²) >= 11 is 5.82. The number of halogens is 1. The summed E-state index contributed by atoms with van der Waals surface area (Å²) in [6.07, 6.45) is 0. The van der Waals surface area contributed by atoms with E-state index < -0.39 is 0 Å². The number of carbonyl (C=O) groups excluding carboxylic acids is 1. The zero-order valence-corrected chi connectivity index (χ0v) is 11.1. The molecule has 0 unspecified atom stereocenters. The minimum Gasteiger partial charge on any atom is -0.452 e. The highest BCUT2D eigenvalue weighted by Gasteiger charge is 2.18. The molecule has 0 spiro atoms. The molecule has 0 bridgehead atoms. The summed E-state index contributed by atoms with van der Waals surface area (Å²) in [5.41, 5.74) is 2.18. The molecule has 2 aromatic carbocycles. The Bertz CT molecular complexity index is 754. The molecule has 1 aromatic heterocycles. The topological polar surface area (TPSA) is 30.2 Å². The van der Waals surface area contributed by atoms with Crippen molar-refractivity contribution in [3.05, 3.63) is 70.4 Å². The van der Waals surface area contributed by atoms with E-state index in [0.717, 1.165) is 16.5 Å². The molecular formula is C16H11ClO2. The molecule has 0 radical (unpaired) electrons. The molecule has 19 heavy (non-hydrogen) atoms. The lowest BCUT2D eigenvalue weighted by molar-refractivity contribution is 0.101. The van der Waals surface area contributed by atoms with E-state index >= 15 is 0 Å². The Balaban J connectivity index is 2.11. The van der Waals surface area contributed by atoms with Crippen molar-refractivity contribution in [1.82, 2.24) is 0 Å². The molecule has 3 rings (SSSR count). The highest BCUT2D eigenvalue weighted by molar-refractivity contribution is 6.30.